The van der Waals surface area contributed by atoms with Gasteiger partial charge in [-0.3, -0.25) is 34.7 Å². The number of carbonyl (C=O) groups excluding carboxylic acids is 4. The molecule has 0 unspecified atom stereocenters. The van der Waals surface area contributed by atoms with Crippen molar-refractivity contribution in [2.75, 3.05) is 10.3 Å². The number of amides is 4. The van der Waals surface area contributed by atoms with Gasteiger partial charge in [0.2, 0.25) is 11.8 Å². The number of phenolic OH excluding ortho intramolecular Hbond substituents is 1. The number of hydrazine groups is 1. The van der Waals surface area contributed by atoms with Crippen molar-refractivity contribution in [1.29, 1.82) is 0 Å². The van der Waals surface area contributed by atoms with E-state index in [2.05, 4.69) is 10.4 Å². The molecule has 0 spiro atoms. The monoisotopic (exact) mass is 841 g/mol. The number of halogens is 5. The summed E-state index contributed by atoms with van der Waals surface area (Å²) >= 11 is 12.7. The minimum Gasteiger partial charge on any atom is -0.507 e. The molecule has 4 aromatic carbocycles. The second kappa shape index (κ2) is 13.6. The SMILES string of the molecule is O=C1[C@@H]2C[C@@H]3C(=CC[C@@H]4C(=O)N(c5cccc([N+](=O)[O-])c5)C(=O)[C@@H]43)[C@H](c3ccc(O)c4ccccc34)[C@]2(c2ccc(Cl)cc2)C(=O)N1Nc1ncc(C(F)(F)F)cc1Cl. The Bertz CT molecular complexity index is 2710. The Hall–Kier alpha value is -6.32. The van der Waals surface area contributed by atoms with Gasteiger partial charge in [-0.15, -0.1) is 0 Å². The molecular formula is C42H28Cl2F3N5O7. The normalized spacial score (nSPS) is 25.2. The van der Waals surface area contributed by atoms with Crippen LogP contribution in [0.1, 0.15) is 35.4 Å². The first-order valence-electron chi connectivity index (χ1n) is 18.3. The first-order chi connectivity index (χ1) is 28.1. The molecule has 2 aliphatic carbocycles. The second-order valence-corrected chi connectivity index (χ2v) is 15.8. The zero-order chi connectivity index (χ0) is 41.7. The van der Waals surface area contributed by atoms with Crippen LogP contribution in [0.5, 0.6) is 5.75 Å². The number of non-ortho nitro benzene ring substituents is 1. The number of fused-ring (bicyclic) bond motifs is 5. The number of nitro groups is 1. The van der Waals surface area contributed by atoms with Crippen LogP contribution in [0.4, 0.5) is 30.4 Å². The quantitative estimate of drug-likeness (QED) is 0.0740. The summed E-state index contributed by atoms with van der Waals surface area (Å²) in [6.45, 7) is 0. The lowest BCUT2D eigenvalue weighted by molar-refractivity contribution is -0.384. The highest BCUT2D eigenvalue weighted by molar-refractivity contribution is 6.33. The Morgan fingerprint density at radius 3 is 2.31 bits per heavy atom. The van der Waals surface area contributed by atoms with Gasteiger partial charge in [-0.05, 0) is 65.6 Å². The number of hydrogen-bond acceptors (Lipinski definition) is 9. The number of phenols is 1. The highest BCUT2D eigenvalue weighted by Gasteiger charge is 2.70. The van der Waals surface area contributed by atoms with Crippen molar-refractivity contribution in [2.24, 2.45) is 23.7 Å². The number of nitrogens with one attached hydrogen (secondary N) is 1. The fourth-order valence-corrected chi connectivity index (χ4v) is 10.0. The molecule has 4 aliphatic rings. The Morgan fingerprint density at radius 2 is 1.61 bits per heavy atom. The average molecular weight is 843 g/mol. The van der Waals surface area contributed by atoms with Crippen LogP contribution in [0.15, 0.2) is 109 Å². The number of alkyl halides is 3. The van der Waals surface area contributed by atoms with Crippen molar-refractivity contribution in [2.45, 2.75) is 30.4 Å². The molecule has 17 heteroatoms. The van der Waals surface area contributed by atoms with Gasteiger partial charge in [0, 0.05) is 34.7 Å². The first kappa shape index (κ1) is 38.2. The molecule has 12 nitrogen and oxygen atoms in total. The van der Waals surface area contributed by atoms with Gasteiger partial charge in [0.25, 0.3) is 17.5 Å². The van der Waals surface area contributed by atoms with E-state index in [4.69, 9.17) is 23.2 Å². The Kier molecular flexibility index (Phi) is 8.83. The molecule has 2 saturated heterocycles. The van der Waals surface area contributed by atoms with E-state index >= 15 is 9.59 Å². The fourth-order valence-electron chi connectivity index (χ4n) is 9.69. The molecule has 1 aromatic heterocycles. The van der Waals surface area contributed by atoms with E-state index in [0.717, 1.165) is 11.0 Å². The second-order valence-electron chi connectivity index (χ2n) is 14.9. The van der Waals surface area contributed by atoms with Gasteiger partial charge in [-0.25, -0.2) is 9.88 Å². The lowest BCUT2D eigenvalue weighted by atomic mass is 9.49. The predicted molar refractivity (Wildman–Crippen MR) is 208 cm³/mol. The molecule has 2 N–H and O–H groups in total. The third kappa shape index (κ3) is 5.69. The maximum absolute atomic E-state index is 15.5. The lowest BCUT2D eigenvalue weighted by Gasteiger charge is -2.51. The zero-order valence-corrected chi connectivity index (χ0v) is 31.7. The van der Waals surface area contributed by atoms with E-state index in [0.29, 0.717) is 49.8 Å². The standard InChI is InChI=1S/C42H28Cl2F3N5O7/c43-22-10-8-20(9-11-22)41-31(38(55)51(40(41)57)49-36-32(44)16-21(19-48-36)42(45,46)47)18-30-28(35(41)27-14-15-33(53)26-7-2-1-6-25(26)27)12-13-29-34(30)39(56)50(37(29)54)23-4-3-5-24(17-23)52(58)59/h1-12,14-17,19,29-31,34-35,53H,13,18H2,(H,48,49)/t29-,30+,31-,34-,35-,41+/m0/s1. The van der Waals surface area contributed by atoms with Crippen LogP contribution < -0.4 is 10.3 Å². The van der Waals surface area contributed by atoms with Crippen LogP contribution in [0.25, 0.3) is 10.8 Å². The minimum absolute atomic E-state index is 0.0148. The van der Waals surface area contributed by atoms with Crippen LogP contribution in [0, 0.1) is 33.8 Å². The number of pyridine rings is 1. The highest BCUT2D eigenvalue weighted by Crippen LogP contribution is 2.65. The van der Waals surface area contributed by atoms with Crippen LogP contribution in [0.3, 0.4) is 0 Å². The van der Waals surface area contributed by atoms with Gasteiger partial charge < -0.3 is 5.11 Å². The Labute approximate surface area is 342 Å². The number of aromatic nitrogens is 1. The summed E-state index contributed by atoms with van der Waals surface area (Å²) in [6, 6.07) is 22.2. The third-order valence-corrected chi connectivity index (χ3v) is 12.6. The summed E-state index contributed by atoms with van der Waals surface area (Å²) in [5, 5.41) is 24.1. The number of aromatic hydroxyl groups is 1. The predicted octanol–water partition coefficient (Wildman–Crippen LogP) is 8.36. The topological polar surface area (TPSA) is 163 Å². The number of imide groups is 2. The summed E-state index contributed by atoms with van der Waals surface area (Å²) in [6.07, 6.45) is -2.54. The molecular weight excluding hydrogens is 814 g/mol. The van der Waals surface area contributed by atoms with Crippen LogP contribution in [0.2, 0.25) is 10.0 Å². The summed E-state index contributed by atoms with van der Waals surface area (Å²) in [7, 11) is 0. The van der Waals surface area contributed by atoms with Crippen molar-refractivity contribution in [3.63, 3.8) is 0 Å². The average Bonchev–Trinajstić information content (AvgIpc) is 3.59. The molecule has 0 bridgehead atoms. The van der Waals surface area contributed by atoms with Gasteiger partial charge in [0.15, 0.2) is 5.82 Å². The first-order valence-corrected chi connectivity index (χ1v) is 19.0. The fraction of sp³-hybridized carbons (Fsp3) is 0.214. The molecule has 3 heterocycles. The molecule has 59 heavy (non-hydrogen) atoms. The van der Waals surface area contributed by atoms with Crippen molar-refractivity contribution in [3.05, 3.63) is 146 Å². The highest BCUT2D eigenvalue weighted by atomic mass is 35.5. The molecule has 5 aromatic rings. The lowest BCUT2D eigenvalue weighted by Crippen LogP contribution is -2.53. The van der Waals surface area contributed by atoms with E-state index in [9.17, 15) is 38.0 Å². The number of nitro benzene ring substituents is 1. The summed E-state index contributed by atoms with van der Waals surface area (Å²) < 4.78 is 40.7. The zero-order valence-electron chi connectivity index (χ0n) is 30.2. The van der Waals surface area contributed by atoms with E-state index in [-0.39, 0.29) is 30.0 Å². The number of hydrogen-bond donors (Lipinski definition) is 2. The molecule has 2 aliphatic heterocycles. The van der Waals surface area contributed by atoms with Gasteiger partial charge in [0.05, 0.1) is 44.4 Å². The smallest absolute Gasteiger partial charge is 0.417 e. The molecule has 9 rings (SSSR count). The maximum Gasteiger partial charge on any atom is 0.417 e. The van der Waals surface area contributed by atoms with Crippen molar-refractivity contribution < 1.29 is 42.4 Å². The van der Waals surface area contributed by atoms with Crippen molar-refractivity contribution in [1.82, 2.24) is 9.99 Å². The Balaban J connectivity index is 1.25. The maximum atomic E-state index is 15.5. The number of anilines is 2. The van der Waals surface area contributed by atoms with Gasteiger partial charge in [-0.2, -0.15) is 18.2 Å². The summed E-state index contributed by atoms with van der Waals surface area (Å²) in [5.41, 5.74) is 0.769. The molecule has 4 amide bonds. The minimum atomic E-state index is -4.78. The van der Waals surface area contributed by atoms with Crippen LogP contribution in [-0.2, 0) is 30.8 Å². The number of carbonyl (C=O) groups is 4. The van der Waals surface area contributed by atoms with Gasteiger partial charge in [-0.1, -0.05) is 83.4 Å². The number of nitrogens with zero attached hydrogens (tertiary/aromatic N) is 4. The van der Waals surface area contributed by atoms with E-state index in [1.807, 2.05) is 6.08 Å². The van der Waals surface area contributed by atoms with Crippen molar-refractivity contribution >= 4 is 74.8 Å². The summed E-state index contributed by atoms with van der Waals surface area (Å²) in [5.74, 6) is -8.38. The molecule has 6 atom stereocenters. The summed E-state index contributed by atoms with van der Waals surface area (Å²) in [4.78, 5) is 75.1. The van der Waals surface area contributed by atoms with Crippen LogP contribution in [-0.4, -0.2) is 43.7 Å². The van der Waals surface area contributed by atoms with E-state index < -0.39 is 86.1 Å². The number of allylic oxidation sites excluding steroid dienone is 2. The molecule has 1 saturated carbocycles. The van der Waals surface area contributed by atoms with Crippen molar-refractivity contribution in [3.8, 4) is 5.75 Å². The van der Waals surface area contributed by atoms with E-state index in [1.165, 1.54) is 24.3 Å². The number of rotatable bonds is 6. The van der Waals surface area contributed by atoms with Gasteiger partial charge in [0.1, 0.15) is 5.75 Å². The van der Waals surface area contributed by atoms with E-state index in [1.54, 1.807) is 54.6 Å². The molecule has 3 fully saturated rings. The largest absolute Gasteiger partial charge is 0.507 e. The van der Waals surface area contributed by atoms with Crippen LogP contribution >= 0.6 is 23.2 Å². The molecule has 0 radical (unpaired) electrons. The molecule has 298 valence electrons. The van der Waals surface area contributed by atoms with Gasteiger partial charge >= 0.3 is 6.18 Å². The Morgan fingerprint density at radius 1 is 0.881 bits per heavy atom. The number of benzene rings is 4. The third-order valence-electron chi connectivity index (χ3n) is 12.1.